The summed E-state index contributed by atoms with van der Waals surface area (Å²) >= 11 is 0. The Balaban J connectivity index is 1.78. The quantitative estimate of drug-likeness (QED) is 0.800. The number of piperidine rings is 1. The van der Waals surface area contributed by atoms with Crippen LogP contribution in [-0.2, 0) is 0 Å². The summed E-state index contributed by atoms with van der Waals surface area (Å²) in [5.41, 5.74) is 1.56. The molecule has 3 heterocycles. The minimum atomic E-state index is -0.501. The van der Waals surface area contributed by atoms with E-state index in [1.54, 1.807) is 7.11 Å². The Morgan fingerprint density at radius 2 is 2.22 bits per heavy atom. The molecule has 1 saturated carbocycles. The van der Waals surface area contributed by atoms with Gasteiger partial charge in [-0.25, -0.2) is 0 Å². The predicted molar refractivity (Wildman–Crippen MR) is 84.1 cm³/mol. The lowest BCUT2D eigenvalue weighted by Gasteiger charge is -2.50. The summed E-state index contributed by atoms with van der Waals surface area (Å²) in [6.45, 7) is 3.28. The van der Waals surface area contributed by atoms with Crippen LogP contribution in [0.3, 0.4) is 0 Å². The van der Waals surface area contributed by atoms with Gasteiger partial charge in [0.25, 0.3) is 0 Å². The molecule has 1 aromatic carbocycles. The van der Waals surface area contributed by atoms with Gasteiger partial charge < -0.3 is 4.74 Å². The number of methoxy groups -OCH3 is 1. The number of carbonyl (C=O) groups excluding carboxylic acids is 1. The second-order valence-electron chi connectivity index (χ2n) is 7.97. The largest absolute Gasteiger partial charge is 0.497 e. The molecule has 0 N–H and O–H groups in total. The smallest absolute Gasteiger partial charge is 0.182 e. The van der Waals surface area contributed by atoms with Crippen molar-refractivity contribution in [3.05, 3.63) is 29.3 Å². The molecule has 1 aliphatic carbocycles. The third-order valence-electron chi connectivity index (χ3n) is 6.98. The number of fused-ring (bicyclic) bond motifs is 2. The molecule has 118 valence electrons. The van der Waals surface area contributed by atoms with Gasteiger partial charge in [-0.15, -0.1) is 0 Å². The van der Waals surface area contributed by atoms with Gasteiger partial charge in [0.15, 0.2) is 5.78 Å². The molecule has 1 aromatic rings. The molecule has 6 atom stereocenters. The number of Topliss-reactive ketones (excluding diaryl/α,β-unsaturated/α-hetero) is 1. The topological polar surface area (TPSA) is 53.3 Å². The molecule has 0 aromatic heterocycles. The van der Waals surface area contributed by atoms with E-state index in [1.165, 1.54) is 6.42 Å². The number of hydrogen-bond donors (Lipinski definition) is 0. The Bertz CT molecular complexity index is 782. The SMILES string of the molecule is COc1ccc2c(c1)C(=O)[C@@H]1N3C[C@@]4(C)CCCC1(C#N)C4[C@@H]23. The highest BCUT2D eigenvalue weighted by molar-refractivity contribution is 6.05. The van der Waals surface area contributed by atoms with Gasteiger partial charge in [-0.3, -0.25) is 9.69 Å². The molecule has 3 unspecified atom stereocenters. The molecule has 4 aliphatic rings. The molecule has 23 heavy (non-hydrogen) atoms. The fraction of sp³-hybridized carbons (Fsp3) is 0.579. The molecule has 0 amide bonds. The van der Waals surface area contributed by atoms with Gasteiger partial charge in [-0.2, -0.15) is 5.26 Å². The highest BCUT2D eigenvalue weighted by atomic mass is 16.5. The summed E-state index contributed by atoms with van der Waals surface area (Å²) in [7, 11) is 1.63. The molecule has 0 spiro atoms. The number of ether oxygens (including phenoxy) is 1. The van der Waals surface area contributed by atoms with Gasteiger partial charge >= 0.3 is 0 Å². The van der Waals surface area contributed by atoms with Crippen molar-refractivity contribution in [1.82, 2.24) is 4.90 Å². The van der Waals surface area contributed by atoms with Gasteiger partial charge in [-0.1, -0.05) is 19.4 Å². The first-order chi connectivity index (χ1) is 11.1. The lowest BCUT2D eigenvalue weighted by atomic mass is 9.53. The van der Waals surface area contributed by atoms with Crippen LogP contribution in [0.4, 0.5) is 0 Å². The molecule has 0 radical (unpaired) electrons. The predicted octanol–water partition coefficient (Wildman–Crippen LogP) is 2.95. The second-order valence-corrected chi connectivity index (χ2v) is 7.97. The summed E-state index contributed by atoms with van der Waals surface area (Å²) in [6, 6.07) is 8.48. The van der Waals surface area contributed by atoms with E-state index in [4.69, 9.17) is 4.74 Å². The summed E-state index contributed by atoms with van der Waals surface area (Å²) in [4.78, 5) is 15.6. The Morgan fingerprint density at radius 1 is 1.39 bits per heavy atom. The normalized spacial score (nSPS) is 45.5. The summed E-state index contributed by atoms with van der Waals surface area (Å²) < 4.78 is 5.32. The first-order valence-electron chi connectivity index (χ1n) is 8.45. The van der Waals surface area contributed by atoms with Crippen LogP contribution in [0.2, 0.25) is 0 Å². The summed E-state index contributed by atoms with van der Waals surface area (Å²) in [5, 5.41) is 10.1. The molecule has 3 fully saturated rings. The fourth-order valence-electron chi connectivity index (χ4n) is 6.33. The maximum absolute atomic E-state index is 13.3. The van der Waals surface area contributed by atoms with Crippen LogP contribution in [0.5, 0.6) is 5.75 Å². The van der Waals surface area contributed by atoms with Gasteiger partial charge in [0.1, 0.15) is 5.75 Å². The maximum atomic E-state index is 13.3. The van der Waals surface area contributed by atoms with E-state index in [2.05, 4.69) is 17.9 Å². The Hall–Kier alpha value is -1.86. The zero-order valence-corrected chi connectivity index (χ0v) is 13.5. The monoisotopic (exact) mass is 308 g/mol. The molecule has 4 nitrogen and oxygen atoms in total. The number of hydrogen-bond acceptors (Lipinski definition) is 4. The molecule has 3 aliphatic heterocycles. The standard InChI is InChI=1S/C19H20N2O2/c1-18-6-3-7-19(9-20)16(18)14-12-5-4-11(23-2)8-13(12)15(22)17(19)21(14)10-18/h4-5,8,14,16-17H,3,6-7,10H2,1-2H3/t14-,16?,17+,18-,19?/m1/s1. The van der Waals surface area contributed by atoms with Gasteiger partial charge in [0.2, 0.25) is 0 Å². The van der Waals surface area contributed by atoms with Crippen LogP contribution >= 0.6 is 0 Å². The molecule has 5 rings (SSSR count). The van der Waals surface area contributed by atoms with Crippen molar-refractivity contribution in [2.45, 2.75) is 38.3 Å². The van der Waals surface area contributed by atoms with Crippen LogP contribution in [0.15, 0.2) is 18.2 Å². The van der Waals surface area contributed by atoms with E-state index in [9.17, 15) is 10.1 Å². The van der Waals surface area contributed by atoms with Crippen molar-refractivity contribution in [2.75, 3.05) is 13.7 Å². The molecule has 4 heteroatoms. The van der Waals surface area contributed by atoms with E-state index in [0.29, 0.717) is 0 Å². The van der Waals surface area contributed by atoms with Crippen LogP contribution in [0.25, 0.3) is 0 Å². The zero-order valence-electron chi connectivity index (χ0n) is 13.5. The van der Waals surface area contributed by atoms with Crippen LogP contribution in [-0.4, -0.2) is 30.4 Å². The molecular weight excluding hydrogens is 288 g/mol. The second kappa shape index (κ2) is 3.96. The average molecular weight is 308 g/mol. The van der Waals surface area contributed by atoms with Gasteiger partial charge in [0, 0.05) is 24.1 Å². The highest BCUT2D eigenvalue weighted by Crippen LogP contribution is 2.72. The minimum Gasteiger partial charge on any atom is -0.497 e. The van der Waals surface area contributed by atoms with Crippen molar-refractivity contribution in [1.29, 1.82) is 5.26 Å². The summed E-state index contributed by atoms with van der Waals surface area (Å²) in [5.74, 6) is 1.13. The first kappa shape index (κ1) is 13.6. The maximum Gasteiger partial charge on any atom is 0.182 e. The zero-order chi connectivity index (χ0) is 16.0. The summed E-state index contributed by atoms with van der Waals surface area (Å²) in [6.07, 6.45) is 3.09. The third-order valence-corrected chi connectivity index (χ3v) is 6.98. The van der Waals surface area contributed by atoms with Crippen molar-refractivity contribution in [2.24, 2.45) is 16.7 Å². The van der Waals surface area contributed by atoms with Gasteiger partial charge in [0.05, 0.1) is 24.6 Å². The van der Waals surface area contributed by atoms with Gasteiger partial charge in [-0.05, 0) is 36.0 Å². The third kappa shape index (κ3) is 1.31. The van der Waals surface area contributed by atoms with Crippen molar-refractivity contribution < 1.29 is 9.53 Å². The lowest BCUT2D eigenvalue weighted by molar-refractivity contribution is -0.00202. The van der Waals surface area contributed by atoms with E-state index < -0.39 is 5.41 Å². The van der Waals surface area contributed by atoms with E-state index >= 15 is 0 Å². The molecule has 2 saturated heterocycles. The Labute approximate surface area is 136 Å². The van der Waals surface area contributed by atoms with E-state index in [1.807, 2.05) is 18.2 Å². The van der Waals surface area contributed by atoms with E-state index in [-0.39, 0.29) is 29.2 Å². The first-order valence-corrected chi connectivity index (χ1v) is 8.45. The van der Waals surface area contributed by atoms with Crippen molar-refractivity contribution in [3.63, 3.8) is 0 Å². The van der Waals surface area contributed by atoms with Crippen LogP contribution in [0, 0.1) is 28.1 Å². The highest BCUT2D eigenvalue weighted by Gasteiger charge is 2.74. The number of nitriles is 1. The number of rotatable bonds is 1. The van der Waals surface area contributed by atoms with Crippen LogP contribution in [0.1, 0.15) is 48.1 Å². The number of nitrogens with zero attached hydrogens (tertiary/aromatic N) is 2. The average Bonchev–Trinajstić information content (AvgIpc) is 2.99. The number of ketones is 1. The van der Waals surface area contributed by atoms with Crippen LogP contribution < -0.4 is 4.74 Å². The number of benzene rings is 1. The molecule has 4 bridgehead atoms. The van der Waals surface area contributed by atoms with E-state index in [0.717, 1.165) is 36.3 Å². The molecular formula is C19H20N2O2. The van der Waals surface area contributed by atoms with Crippen molar-refractivity contribution >= 4 is 5.78 Å². The Kier molecular flexibility index (Phi) is 2.34. The van der Waals surface area contributed by atoms with Crippen molar-refractivity contribution in [3.8, 4) is 11.8 Å². The Morgan fingerprint density at radius 3 is 2.96 bits per heavy atom. The fourth-order valence-corrected chi connectivity index (χ4v) is 6.33. The number of carbonyl (C=O) groups is 1. The lowest BCUT2D eigenvalue weighted by Crippen LogP contribution is -2.57. The minimum absolute atomic E-state index is 0.128.